The Labute approximate surface area is 103 Å². The Balaban J connectivity index is 2.22. The maximum atomic E-state index is 5.79. The van der Waals surface area contributed by atoms with Crippen LogP contribution in [-0.4, -0.2) is 26.7 Å². The van der Waals surface area contributed by atoms with E-state index in [-0.39, 0.29) is 0 Å². The summed E-state index contributed by atoms with van der Waals surface area (Å²) >= 11 is 0. The van der Waals surface area contributed by atoms with Gasteiger partial charge < -0.3 is 10.5 Å². The maximum Gasteiger partial charge on any atom is 0.213 e. The summed E-state index contributed by atoms with van der Waals surface area (Å²) in [4.78, 5) is 8.03. The lowest BCUT2D eigenvalue weighted by Crippen LogP contribution is -2.00. The number of anilines is 1. The van der Waals surface area contributed by atoms with Gasteiger partial charge in [0.25, 0.3) is 0 Å². The Morgan fingerprint density at radius 2 is 2.11 bits per heavy atom. The monoisotopic (exact) mass is 241 g/mol. The third-order valence-electron chi connectivity index (χ3n) is 2.72. The predicted octanol–water partition coefficient (Wildman–Crippen LogP) is 1.38. The smallest absolute Gasteiger partial charge is 0.213 e. The van der Waals surface area contributed by atoms with Crippen LogP contribution in [0.4, 0.5) is 5.82 Å². The van der Waals surface area contributed by atoms with Crippen molar-refractivity contribution in [3.63, 3.8) is 0 Å². The molecule has 0 aliphatic carbocycles. The Morgan fingerprint density at radius 1 is 1.22 bits per heavy atom. The molecule has 0 saturated heterocycles. The van der Waals surface area contributed by atoms with Crippen molar-refractivity contribution in [3.05, 3.63) is 36.8 Å². The second kappa shape index (κ2) is 3.99. The maximum absolute atomic E-state index is 5.79. The van der Waals surface area contributed by atoms with Crippen molar-refractivity contribution in [2.24, 2.45) is 0 Å². The average molecular weight is 241 g/mol. The molecule has 0 bridgehead atoms. The molecule has 3 aromatic heterocycles. The van der Waals surface area contributed by atoms with E-state index in [2.05, 4.69) is 15.1 Å². The molecule has 0 aliphatic rings. The van der Waals surface area contributed by atoms with Gasteiger partial charge in [-0.3, -0.25) is 0 Å². The van der Waals surface area contributed by atoms with E-state index in [4.69, 9.17) is 10.5 Å². The number of hydrogen-bond donors (Lipinski definition) is 1. The van der Waals surface area contributed by atoms with Gasteiger partial charge >= 0.3 is 0 Å². The highest BCUT2D eigenvalue weighted by Gasteiger charge is 2.08. The standard InChI is InChI=1S/C12H11N5O/c1-18-11-6-8(4-5-14-11)9-2-3-10-12(13)15-7-16-17(9)10/h2-7H,1H3,(H2,13,15,16). The summed E-state index contributed by atoms with van der Waals surface area (Å²) in [6.45, 7) is 0. The van der Waals surface area contributed by atoms with Crippen LogP contribution in [-0.2, 0) is 0 Å². The lowest BCUT2D eigenvalue weighted by Gasteiger charge is -2.04. The summed E-state index contributed by atoms with van der Waals surface area (Å²) in [6.07, 6.45) is 3.13. The molecule has 0 radical (unpaired) electrons. The summed E-state index contributed by atoms with van der Waals surface area (Å²) in [5, 5.41) is 4.20. The van der Waals surface area contributed by atoms with Crippen LogP contribution in [0.2, 0.25) is 0 Å². The normalized spacial score (nSPS) is 10.7. The SMILES string of the molecule is COc1cc(-c2ccc3c(N)ncnn23)ccn1. The van der Waals surface area contributed by atoms with E-state index >= 15 is 0 Å². The van der Waals surface area contributed by atoms with Crippen LogP contribution < -0.4 is 10.5 Å². The van der Waals surface area contributed by atoms with Crippen molar-refractivity contribution < 1.29 is 4.74 Å². The van der Waals surface area contributed by atoms with Crippen LogP contribution in [0.1, 0.15) is 0 Å². The zero-order valence-electron chi connectivity index (χ0n) is 9.74. The number of ether oxygens (including phenoxy) is 1. The highest BCUT2D eigenvalue weighted by Crippen LogP contribution is 2.25. The molecule has 6 heteroatoms. The minimum absolute atomic E-state index is 0.456. The molecule has 0 amide bonds. The highest BCUT2D eigenvalue weighted by atomic mass is 16.5. The number of nitrogen functional groups attached to an aromatic ring is 1. The quantitative estimate of drug-likeness (QED) is 0.733. The molecule has 2 N–H and O–H groups in total. The van der Waals surface area contributed by atoms with Crippen molar-refractivity contribution in [1.82, 2.24) is 19.6 Å². The molecule has 0 unspecified atom stereocenters. The third kappa shape index (κ3) is 1.55. The first-order valence-corrected chi connectivity index (χ1v) is 5.38. The van der Waals surface area contributed by atoms with E-state index in [1.165, 1.54) is 6.33 Å². The molecule has 0 aromatic carbocycles. The van der Waals surface area contributed by atoms with E-state index in [0.29, 0.717) is 11.7 Å². The van der Waals surface area contributed by atoms with Gasteiger partial charge in [-0.15, -0.1) is 0 Å². The van der Waals surface area contributed by atoms with Crippen molar-refractivity contribution in [2.75, 3.05) is 12.8 Å². The fraction of sp³-hybridized carbons (Fsp3) is 0.0833. The van der Waals surface area contributed by atoms with Gasteiger partial charge in [0.2, 0.25) is 5.88 Å². The Morgan fingerprint density at radius 3 is 2.94 bits per heavy atom. The van der Waals surface area contributed by atoms with Gasteiger partial charge in [0, 0.05) is 17.8 Å². The molecule has 0 atom stereocenters. The molecule has 0 spiro atoms. The van der Waals surface area contributed by atoms with Gasteiger partial charge in [-0.05, 0) is 18.2 Å². The van der Waals surface area contributed by atoms with Crippen LogP contribution in [0.5, 0.6) is 5.88 Å². The first-order valence-electron chi connectivity index (χ1n) is 5.38. The van der Waals surface area contributed by atoms with Gasteiger partial charge in [-0.25, -0.2) is 14.5 Å². The van der Waals surface area contributed by atoms with E-state index in [9.17, 15) is 0 Å². The molecule has 3 rings (SSSR count). The zero-order valence-corrected chi connectivity index (χ0v) is 9.74. The van der Waals surface area contributed by atoms with Crippen molar-refractivity contribution >= 4 is 11.3 Å². The number of aromatic nitrogens is 4. The number of methoxy groups -OCH3 is 1. The number of nitrogens with zero attached hydrogens (tertiary/aromatic N) is 4. The molecule has 0 fully saturated rings. The molecule has 0 aliphatic heterocycles. The fourth-order valence-corrected chi connectivity index (χ4v) is 1.85. The zero-order chi connectivity index (χ0) is 12.5. The van der Waals surface area contributed by atoms with Crippen LogP contribution in [0, 0.1) is 0 Å². The van der Waals surface area contributed by atoms with Crippen molar-refractivity contribution in [1.29, 1.82) is 0 Å². The summed E-state index contributed by atoms with van der Waals surface area (Å²) in [5.74, 6) is 1.02. The first-order chi connectivity index (χ1) is 8.79. The highest BCUT2D eigenvalue weighted by molar-refractivity contribution is 5.73. The van der Waals surface area contributed by atoms with Gasteiger partial charge in [0.1, 0.15) is 11.8 Å². The summed E-state index contributed by atoms with van der Waals surface area (Å²) in [7, 11) is 1.59. The number of nitrogens with two attached hydrogens (primary N) is 1. The molecule has 3 heterocycles. The van der Waals surface area contributed by atoms with Gasteiger partial charge in [0.05, 0.1) is 12.8 Å². The Kier molecular flexibility index (Phi) is 2.33. The third-order valence-corrected chi connectivity index (χ3v) is 2.72. The van der Waals surface area contributed by atoms with Crippen LogP contribution in [0.3, 0.4) is 0 Å². The number of hydrogen-bond acceptors (Lipinski definition) is 5. The largest absolute Gasteiger partial charge is 0.481 e. The van der Waals surface area contributed by atoms with Crippen LogP contribution >= 0.6 is 0 Å². The number of pyridine rings is 1. The first kappa shape index (κ1) is 10.5. The van der Waals surface area contributed by atoms with Crippen LogP contribution in [0.25, 0.3) is 16.8 Å². The van der Waals surface area contributed by atoms with E-state index in [0.717, 1.165) is 16.8 Å². The average Bonchev–Trinajstić information content (AvgIpc) is 2.84. The summed E-state index contributed by atoms with van der Waals surface area (Å²) in [6, 6.07) is 7.56. The molecule has 18 heavy (non-hydrogen) atoms. The second-order valence-electron chi connectivity index (χ2n) is 3.75. The fourth-order valence-electron chi connectivity index (χ4n) is 1.85. The summed E-state index contributed by atoms with van der Waals surface area (Å²) in [5.41, 5.74) is 8.45. The topological polar surface area (TPSA) is 78.3 Å². The number of rotatable bonds is 2. The summed E-state index contributed by atoms with van der Waals surface area (Å²) < 4.78 is 6.86. The predicted molar refractivity (Wildman–Crippen MR) is 67.2 cm³/mol. The van der Waals surface area contributed by atoms with E-state index < -0.39 is 0 Å². The Hall–Kier alpha value is -2.63. The molecule has 90 valence electrons. The molecular formula is C12H11N5O. The van der Waals surface area contributed by atoms with Gasteiger partial charge in [0.15, 0.2) is 5.82 Å². The molecule has 6 nitrogen and oxygen atoms in total. The van der Waals surface area contributed by atoms with Gasteiger partial charge in [-0.2, -0.15) is 5.10 Å². The minimum atomic E-state index is 0.456. The second-order valence-corrected chi connectivity index (χ2v) is 3.75. The van der Waals surface area contributed by atoms with Crippen LogP contribution in [0.15, 0.2) is 36.8 Å². The minimum Gasteiger partial charge on any atom is -0.481 e. The molecular weight excluding hydrogens is 230 g/mol. The van der Waals surface area contributed by atoms with E-state index in [1.807, 2.05) is 24.3 Å². The molecule has 3 aromatic rings. The van der Waals surface area contributed by atoms with Crippen molar-refractivity contribution in [3.8, 4) is 17.1 Å². The Bertz CT molecular complexity index is 707. The van der Waals surface area contributed by atoms with Crippen molar-refractivity contribution in [2.45, 2.75) is 0 Å². The van der Waals surface area contributed by atoms with Gasteiger partial charge in [-0.1, -0.05) is 0 Å². The van der Waals surface area contributed by atoms with E-state index in [1.54, 1.807) is 17.8 Å². The lowest BCUT2D eigenvalue weighted by molar-refractivity contribution is 0.398. The lowest BCUT2D eigenvalue weighted by atomic mass is 10.2. The number of fused-ring (bicyclic) bond motifs is 1. The molecule has 0 saturated carbocycles.